The van der Waals surface area contributed by atoms with E-state index in [0.29, 0.717) is 6.42 Å². The molecule has 2 aromatic rings. The second kappa shape index (κ2) is 8.81. The maximum atomic E-state index is 12.4. The lowest BCUT2D eigenvalue weighted by molar-refractivity contribution is -0.143. The van der Waals surface area contributed by atoms with Crippen molar-refractivity contribution in [1.82, 2.24) is 16.0 Å². The van der Waals surface area contributed by atoms with Crippen LogP contribution in [-0.2, 0) is 19.1 Å². The van der Waals surface area contributed by atoms with Gasteiger partial charge in [0.05, 0.1) is 0 Å². The third-order valence-corrected chi connectivity index (χ3v) is 6.91. The van der Waals surface area contributed by atoms with Gasteiger partial charge in [-0.2, -0.15) is 0 Å². The van der Waals surface area contributed by atoms with Gasteiger partial charge in [-0.15, -0.1) is 0 Å². The molecule has 5 rings (SSSR count). The Balaban J connectivity index is 1.10. The number of carboxylic acids is 1. The monoisotopic (exact) mass is 463 g/mol. The molecule has 3 amide bonds. The first-order valence-corrected chi connectivity index (χ1v) is 11.3. The number of hydrogen-bond acceptors (Lipinski definition) is 5. The molecular weight excluding hydrogens is 438 g/mol. The molecular formula is C25H25N3O6. The van der Waals surface area contributed by atoms with Crippen LogP contribution in [0.2, 0.25) is 0 Å². The lowest BCUT2D eigenvalue weighted by Gasteiger charge is -2.15. The van der Waals surface area contributed by atoms with Crippen LogP contribution >= 0.6 is 0 Å². The summed E-state index contributed by atoms with van der Waals surface area (Å²) >= 11 is 0. The number of rotatable bonds is 7. The number of ether oxygens (including phenoxy) is 1. The summed E-state index contributed by atoms with van der Waals surface area (Å²) in [6.07, 6.45) is 0.00992. The van der Waals surface area contributed by atoms with Gasteiger partial charge in [-0.05, 0) is 34.6 Å². The van der Waals surface area contributed by atoms with Crippen LogP contribution in [0.15, 0.2) is 48.5 Å². The summed E-state index contributed by atoms with van der Waals surface area (Å²) in [6, 6.07) is 15.1. The number of aliphatic carboxylic acids is 1. The van der Waals surface area contributed by atoms with Gasteiger partial charge in [0.15, 0.2) is 0 Å². The minimum atomic E-state index is -1.13. The first-order valence-electron chi connectivity index (χ1n) is 11.3. The highest BCUT2D eigenvalue weighted by Crippen LogP contribution is 2.44. The SMILES string of the molecule is O=C(NC[C@H]1C[C@H]1C(=O)NC1C(=O)NCC1C(=O)O)OCC1c2ccccc2-c2ccccc21. The van der Waals surface area contributed by atoms with Crippen LogP contribution in [-0.4, -0.2) is 54.7 Å². The second-order valence-electron chi connectivity index (χ2n) is 8.98. The molecule has 34 heavy (non-hydrogen) atoms. The topological polar surface area (TPSA) is 134 Å². The molecule has 1 aliphatic heterocycles. The van der Waals surface area contributed by atoms with Crippen LogP contribution in [0.5, 0.6) is 0 Å². The van der Waals surface area contributed by atoms with Crippen LogP contribution in [0.25, 0.3) is 11.1 Å². The van der Waals surface area contributed by atoms with E-state index in [1.54, 1.807) is 0 Å². The summed E-state index contributed by atoms with van der Waals surface area (Å²) in [4.78, 5) is 47.8. The van der Waals surface area contributed by atoms with E-state index in [2.05, 4.69) is 28.1 Å². The zero-order valence-corrected chi connectivity index (χ0v) is 18.3. The van der Waals surface area contributed by atoms with Crippen molar-refractivity contribution < 1.29 is 29.0 Å². The third-order valence-electron chi connectivity index (χ3n) is 6.91. The molecule has 0 radical (unpaired) electrons. The zero-order valence-electron chi connectivity index (χ0n) is 18.3. The molecule has 1 heterocycles. The maximum absolute atomic E-state index is 12.4. The zero-order chi connectivity index (χ0) is 23.8. The molecule has 1 saturated heterocycles. The lowest BCUT2D eigenvalue weighted by atomic mass is 9.98. The predicted molar refractivity (Wildman–Crippen MR) is 121 cm³/mol. The van der Waals surface area contributed by atoms with E-state index >= 15 is 0 Å². The highest BCUT2D eigenvalue weighted by atomic mass is 16.5. The molecule has 4 N–H and O–H groups in total. The minimum absolute atomic E-state index is 0.00342. The average Bonchev–Trinajstić information content (AvgIpc) is 3.43. The van der Waals surface area contributed by atoms with Crippen molar-refractivity contribution in [3.05, 3.63) is 59.7 Å². The summed E-state index contributed by atoms with van der Waals surface area (Å²) < 4.78 is 5.51. The number of alkyl carbamates (subject to hydrolysis) is 1. The van der Waals surface area contributed by atoms with E-state index in [0.717, 1.165) is 22.3 Å². The molecule has 2 aromatic carbocycles. The minimum Gasteiger partial charge on any atom is -0.481 e. The quantitative estimate of drug-likeness (QED) is 0.492. The van der Waals surface area contributed by atoms with Crippen LogP contribution in [0.1, 0.15) is 23.5 Å². The Bertz CT molecular complexity index is 1120. The first kappa shape index (κ1) is 21.9. The Hall–Kier alpha value is -3.88. The van der Waals surface area contributed by atoms with E-state index in [1.165, 1.54) is 0 Å². The van der Waals surface area contributed by atoms with Gasteiger partial charge < -0.3 is 25.8 Å². The summed E-state index contributed by atoms with van der Waals surface area (Å²) in [5.74, 6) is -3.44. The number of fused-ring (bicyclic) bond motifs is 3. The molecule has 4 atom stereocenters. The Kier molecular flexibility index (Phi) is 5.69. The molecule has 9 heteroatoms. The molecule has 2 fully saturated rings. The van der Waals surface area contributed by atoms with Crippen molar-refractivity contribution in [1.29, 1.82) is 0 Å². The molecule has 0 spiro atoms. The number of benzene rings is 2. The van der Waals surface area contributed by atoms with E-state index in [9.17, 15) is 24.3 Å². The van der Waals surface area contributed by atoms with Crippen LogP contribution < -0.4 is 16.0 Å². The molecule has 3 aliphatic rings. The summed E-state index contributed by atoms with van der Waals surface area (Å²) in [5, 5.41) is 16.9. The predicted octanol–water partition coefficient (Wildman–Crippen LogP) is 1.48. The molecule has 0 bridgehead atoms. The number of hydrogen-bond donors (Lipinski definition) is 4. The van der Waals surface area contributed by atoms with Crippen LogP contribution in [0, 0.1) is 17.8 Å². The molecule has 0 aromatic heterocycles. The fourth-order valence-electron chi connectivity index (χ4n) is 4.94. The third kappa shape index (κ3) is 4.09. The number of amides is 3. The average molecular weight is 463 g/mol. The van der Waals surface area contributed by atoms with Gasteiger partial charge in [-0.25, -0.2) is 4.79 Å². The molecule has 9 nitrogen and oxygen atoms in total. The summed E-state index contributed by atoms with van der Waals surface area (Å²) in [7, 11) is 0. The normalized spacial score (nSPS) is 24.5. The van der Waals surface area contributed by atoms with Gasteiger partial charge in [0, 0.05) is 24.9 Å². The molecule has 1 saturated carbocycles. The lowest BCUT2D eigenvalue weighted by Crippen LogP contribution is -2.46. The summed E-state index contributed by atoms with van der Waals surface area (Å²) in [5.41, 5.74) is 4.57. The molecule has 2 unspecified atom stereocenters. The number of nitrogens with one attached hydrogen (secondary N) is 3. The number of carbonyl (C=O) groups is 4. The number of carboxylic acid groups (broad SMARTS) is 1. The Morgan fingerprint density at radius 3 is 2.29 bits per heavy atom. The Labute approximate surface area is 195 Å². The largest absolute Gasteiger partial charge is 0.481 e. The molecule has 176 valence electrons. The fourth-order valence-corrected chi connectivity index (χ4v) is 4.94. The molecule has 2 aliphatic carbocycles. The number of carbonyl (C=O) groups excluding carboxylic acids is 3. The fraction of sp³-hybridized carbons (Fsp3) is 0.360. The Morgan fingerprint density at radius 2 is 1.65 bits per heavy atom. The maximum Gasteiger partial charge on any atom is 0.407 e. The van der Waals surface area contributed by atoms with Gasteiger partial charge in [-0.3, -0.25) is 14.4 Å². The standard InChI is InChI=1S/C25H25N3O6/c29-22(28-21-19(24(31)32)11-26-23(21)30)18-9-13(18)10-27-25(33)34-12-20-16-7-3-1-5-14(16)15-6-2-4-8-17(15)20/h1-8,13,18-21H,9-12H2,(H,26,30)(H,27,33)(H,28,29)(H,31,32)/t13-,18-,19?,21?/m1/s1. The second-order valence-corrected chi connectivity index (χ2v) is 8.98. The Morgan fingerprint density at radius 1 is 1.00 bits per heavy atom. The van der Waals surface area contributed by atoms with Crippen LogP contribution in [0.4, 0.5) is 4.79 Å². The van der Waals surface area contributed by atoms with Crippen molar-refractivity contribution >= 4 is 23.9 Å². The van der Waals surface area contributed by atoms with Gasteiger partial charge in [0.2, 0.25) is 11.8 Å². The summed E-state index contributed by atoms with van der Waals surface area (Å²) in [6.45, 7) is 0.479. The van der Waals surface area contributed by atoms with Crippen molar-refractivity contribution in [2.75, 3.05) is 19.7 Å². The van der Waals surface area contributed by atoms with Gasteiger partial charge in [0.1, 0.15) is 18.6 Å². The first-order chi connectivity index (χ1) is 16.4. The van der Waals surface area contributed by atoms with E-state index in [4.69, 9.17) is 4.74 Å². The highest BCUT2D eigenvalue weighted by molar-refractivity contribution is 5.95. The highest BCUT2D eigenvalue weighted by Gasteiger charge is 2.47. The van der Waals surface area contributed by atoms with E-state index in [-0.39, 0.29) is 43.4 Å². The van der Waals surface area contributed by atoms with Crippen molar-refractivity contribution in [2.45, 2.75) is 18.4 Å². The van der Waals surface area contributed by atoms with Crippen LogP contribution in [0.3, 0.4) is 0 Å². The van der Waals surface area contributed by atoms with Crippen molar-refractivity contribution in [3.8, 4) is 11.1 Å². The smallest absolute Gasteiger partial charge is 0.407 e. The van der Waals surface area contributed by atoms with Gasteiger partial charge in [-0.1, -0.05) is 48.5 Å². The van der Waals surface area contributed by atoms with E-state index in [1.807, 2.05) is 36.4 Å². The van der Waals surface area contributed by atoms with Gasteiger partial charge in [0.25, 0.3) is 0 Å². The van der Waals surface area contributed by atoms with E-state index < -0.39 is 29.9 Å². The van der Waals surface area contributed by atoms with Crippen molar-refractivity contribution in [2.24, 2.45) is 17.8 Å². The van der Waals surface area contributed by atoms with Gasteiger partial charge >= 0.3 is 12.1 Å². The van der Waals surface area contributed by atoms with Crippen molar-refractivity contribution in [3.63, 3.8) is 0 Å².